The van der Waals surface area contributed by atoms with Gasteiger partial charge in [-0.05, 0) is 31.9 Å². The quantitative estimate of drug-likeness (QED) is 0.817. The number of thioether (sulfide) groups is 1. The van der Waals surface area contributed by atoms with E-state index in [4.69, 9.17) is 5.11 Å². The van der Waals surface area contributed by atoms with Crippen molar-refractivity contribution in [3.05, 3.63) is 35.4 Å². The van der Waals surface area contributed by atoms with Gasteiger partial charge in [-0.25, -0.2) is 0 Å². The summed E-state index contributed by atoms with van der Waals surface area (Å²) in [6.45, 7) is 4.23. The van der Waals surface area contributed by atoms with Crippen LogP contribution in [0, 0.1) is 6.92 Å². The number of nitrogens with zero attached hydrogens (tertiary/aromatic N) is 1. The molecular formula is C16H23NO2S. The Kier molecular flexibility index (Phi) is 5.92. The average Bonchev–Trinajstić information content (AvgIpc) is 2.45. The van der Waals surface area contributed by atoms with E-state index in [1.807, 2.05) is 11.8 Å². The van der Waals surface area contributed by atoms with Crippen LogP contribution in [-0.4, -0.2) is 40.6 Å². The second kappa shape index (κ2) is 7.70. The Morgan fingerprint density at radius 2 is 2.10 bits per heavy atom. The minimum atomic E-state index is -0.686. The number of unbranched alkanes of at least 4 members (excludes halogenated alkanes) is 1. The third-order valence-corrected chi connectivity index (χ3v) is 4.81. The van der Waals surface area contributed by atoms with Gasteiger partial charge in [0.2, 0.25) is 0 Å². The summed E-state index contributed by atoms with van der Waals surface area (Å²) in [6.07, 6.45) is 2.04. The van der Waals surface area contributed by atoms with Crippen LogP contribution in [0.15, 0.2) is 24.3 Å². The first kappa shape index (κ1) is 15.4. The number of carboxylic acids is 1. The SMILES string of the molecule is Cc1ccc(C2CSCCN2CCCCC(=O)O)cc1. The molecule has 1 aromatic carbocycles. The highest BCUT2D eigenvalue weighted by molar-refractivity contribution is 7.99. The Balaban J connectivity index is 1.91. The summed E-state index contributed by atoms with van der Waals surface area (Å²) in [4.78, 5) is 13.1. The number of aryl methyl sites for hydroxylation is 1. The molecule has 0 aliphatic carbocycles. The molecule has 0 bridgehead atoms. The average molecular weight is 293 g/mol. The molecule has 110 valence electrons. The molecule has 1 heterocycles. The van der Waals surface area contributed by atoms with Crippen molar-refractivity contribution in [2.75, 3.05) is 24.6 Å². The van der Waals surface area contributed by atoms with Crippen LogP contribution in [0.1, 0.15) is 36.4 Å². The first-order valence-electron chi connectivity index (χ1n) is 7.27. The van der Waals surface area contributed by atoms with Gasteiger partial charge in [-0.1, -0.05) is 29.8 Å². The zero-order valence-electron chi connectivity index (χ0n) is 12.0. The van der Waals surface area contributed by atoms with Gasteiger partial charge in [0.05, 0.1) is 0 Å². The molecule has 1 atom stereocenters. The lowest BCUT2D eigenvalue weighted by molar-refractivity contribution is -0.137. The summed E-state index contributed by atoms with van der Waals surface area (Å²) in [6, 6.07) is 9.31. The van der Waals surface area contributed by atoms with E-state index in [9.17, 15) is 4.79 Å². The van der Waals surface area contributed by atoms with Crippen molar-refractivity contribution in [1.82, 2.24) is 4.90 Å². The Hall–Kier alpha value is -1.00. The second-order valence-corrected chi connectivity index (χ2v) is 6.54. The van der Waals surface area contributed by atoms with Gasteiger partial charge in [0.25, 0.3) is 0 Å². The molecule has 1 unspecified atom stereocenters. The molecule has 3 nitrogen and oxygen atoms in total. The zero-order chi connectivity index (χ0) is 14.4. The van der Waals surface area contributed by atoms with Gasteiger partial charge in [0, 0.05) is 30.5 Å². The number of carboxylic acid groups (broad SMARTS) is 1. The van der Waals surface area contributed by atoms with Gasteiger partial charge >= 0.3 is 5.97 Å². The largest absolute Gasteiger partial charge is 0.481 e. The highest BCUT2D eigenvalue weighted by Crippen LogP contribution is 2.29. The lowest BCUT2D eigenvalue weighted by Crippen LogP contribution is -2.36. The number of aliphatic carboxylic acids is 1. The van der Waals surface area contributed by atoms with E-state index in [0.717, 1.165) is 31.7 Å². The topological polar surface area (TPSA) is 40.5 Å². The van der Waals surface area contributed by atoms with Gasteiger partial charge < -0.3 is 5.11 Å². The molecule has 20 heavy (non-hydrogen) atoms. The van der Waals surface area contributed by atoms with Gasteiger partial charge in [-0.3, -0.25) is 9.69 Å². The lowest BCUT2D eigenvalue weighted by atomic mass is 10.0. The van der Waals surface area contributed by atoms with Crippen molar-refractivity contribution in [1.29, 1.82) is 0 Å². The molecule has 1 aromatic rings. The minimum absolute atomic E-state index is 0.289. The van der Waals surface area contributed by atoms with Crippen LogP contribution < -0.4 is 0 Å². The molecule has 4 heteroatoms. The minimum Gasteiger partial charge on any atom is -0.481 e. The van der Waals surface area contributed by atoms with E-state index in [0.29, 0.717) is 6.04 Å². The molecule has 2 rings (SSSR count). The van der Waals surface area contributed by atoms with Gasteiger partial charge in [-0.2, -0.15) is 11.8 Å². The number of hydrogen-bond donors (Lipinski definition) is 1. The first-order valence-corrected chi connectivity index (χ1v) is 8.42. The summed E-state index contributed by atoms with van der Waals surface area (Å²) in [5.41, 5.74) is 2.69. The van der Waals surface area contributed by atoms with Crippen LogP contribution in [0.3, 0.4) is 0 Å². The molecule has 0 aromatic heterocycles. The van der Waals surface area contributed by atoms with Crippen molar-refractivity contribution in [2.24, 2.45) is 0 Å². The van der Waals surface area contributed by atoms with Crippen LogP contribution in [0.4, 0.5) is 0 Å². The Bertz CT molecular complexity index is 433. The van der Waals surface area contributed by atoms with E-state index in [-0.39, 0.29) is 6.42 Å². The normalized spacial score (nSPS) is 19.9. The maximum Gasteiger partial charge on any atom is 0.303 e. The highest BCUT2D eigenvalue weighted by atomic mass is 32.2. The fraction of sp³-hybridized carbons (Fsp3) is 0.562. The molecule has 1 fully saturated rings. The molecule has 0 spiro atoms. The fourth-order valence-electron chi connectivity index (χ4n) is 2.59. The van der Waals surface area contributed by atoms with E-state index < -0.39 is 5.97 Å². The van der Waals surface area contributed by atoms with Crippen molar-refractivity contribution in [3.63, 3.8) is 0 Å². The van der Waals surface area contributed by atoms with E-state index in [1.54, 1.807) is 0 Å². The molecule has 1 saturated heterocycles. The second-order valence-electron chi connectivity index (χ2n) is 5.39. The van der Waals surface area contributed by atoms with Gasteiger partial charge in [-0.15, -0.1) is 0 Å². The highest BCUT2D eigenvalue weighted by Gasteiger charge is 2.23. The molecule has 1 aliphatic heterocycles. The molecule has 0 saturated carbocycles. The van der Waals surface area contributed by atoms with E-state index >= 15 is 0 Å². The molecule has 1 N–H and O–H groups in total. The van der Waals surface area contributed by atoms with Crippen molar-refractivity contribution >= 4 is 17.7 Å². The lowest BCUT2D eigenvalue weighted by Gasteiger charge is -2.35. The number of hydrogen-bond acceptors (Lipinski definition) is 3. The van der Waals surface area contributed by atoms with Crippen LogP contribution in [-0.2, 0) is 4.79 Å². The first-order chi connectivity index (χ1) is 9.66. The molecule has 0 radical (unpaired) electrons. The maximum absolute atomic E-state index is 10.6. The molecule has 1 aliphatic rings. The predicted octanol–water partition coefficient (Wildman–Crippen LogP) is 3.34. The van der Waals surface area contributed by atoms with Gasteiger partial charge in [0.15, 0.2) is 0 Å². The zero-order valence-corrected chi connectivity index (χ0v) is 12.9. The Labute approximate surface area is 125 Å². The van der Waals surface area contributed by atoms with Crippen molar-refractivity contribution in [2.45, 2.75) is 32.2 Å². The molecular weight excluding hydrogens is 270 g/mol. The van der Waals surface area contributed by atoms with Crippen LogP contribution in [0.5, 0.6) is 0 Å². The van der Waals surface area contributed by atoms with E-state index in [2.05, 4.69) is 36.1 Å². The Morgan fingerprint density at radius 3 is 2.80 bits per heavy atom. The molecule has 0 amide bonds. The number of benzene rings is 1. The van der Waals surface area contributed by atoms with E-state index in [1.165, 1.54) is 16.9 Å². The number of rotatable bonds is 6. The number of carbonyl (C=O) groups is 1. The summed E-state index contributed by atoms with van der Waals surface area (Å²) in [5, 5.41) is 8.69. The Morgan fingerprint density at radius 1 is 1.35 bits per heavy atom. The standard InChI is InChI=1S/C16H23NO2S/c1-13-5-7-14(8-6-13)15-12-20-11-10-17(15)9-3-2-4-16(18)19/h5-8,15H,2-4,9-12H2,1H3,(H,18,19). The summed E-state index contributed by atoms with van der Waals surface area (Å²) in [7, 11) is 0. The van der Waals surface area contributed by atoms with Crippen LogP contribution in [0.25, 0.3) is 0 Å². The predicted molar refractivity (Wildman–Crippen MR) is 84.3 cm³/mol. The van der Waals surface area contributed by atoms with Crippen molar-refractivity contribution in [3.8, 4) is 0 Å². The monoisotopic (exact) mass is 293 g/mol. The summed E-state index contributed by atoms with van der Waals surface area (Å²) >= 11 is 2.01. The van der Waals surface area contributed by atoms with Crippen LogP contribution >= 0.6 is 11.8 Å². The fourth-order valence-corrected chi connectivity index (χ4v) is 3.75. The van der Waals surface area contributed by atoms with Crippen LogP contribution in [0.2, 0.25) is 0 Å². The maximum atomic E-state index is 10.6. The smallest absolute Gasteiger partial charge is 0.303 e. The van der Waals surface area contributed by atoms with Crippen molar-refractivity contribution < 1.29 is 9.90 Å². The third kappa shape index (κ3) is 4.53. The van der Waals surface area contributed by atoms with Gasteiger partial charge in [0.1, 0.15) is 0 Å². The summed E-state index contributed by atoms with van der Waals surface area (Å²) < 4.78 is 0. The summed E-state index contributed by atoms with van der Waals surface area (Å²) in [5.74, 6) is 1.64. The third-order valence-electron chi connectivity index (χ3n) is 3.79.